The van der Waals surface area contributed by atoms with Gasteiger partial charge in [0, 0.05) is 25.4 Å². The molecule has 0 radical (unpaired) electrons. The number of hydrogen-bond acceptors (Lipinski definition) is 5. The van der Waals surface area contributed by atoms with Gasteiger partial charge in [0.25, 0.3) is 0 Å². The molecular weight excluding hydrogens is 414 g/mol. The third kappa shape index (κ3) is 6.56. The number of esters is 1. The number of carbonyl (C=O) groups excluding carboxylic acids is 1. The lowest BCUT2D eigenvalue weighted by Crippen LogP contribution is -2.26. The van der Waals surface area contributed by atoms with Crippen molar-refractivity contribution in [2.24, 2.45) is 10.4 Å². The summed E-state index contributed by atoms with van der Waals surface area (Å²) in [7, 11) is 1.73. The van der Waals surface area contributed by atoms with Gasteiger partial charge in [0.05, 0.1) is 11.1 Å². The standard InChI is InChI=1S/C27H39N3O3/c1-10-27(7,8)25(31)33-18-32-24(23-16-19(3)29-30(23)11-2)22(17-28-9)20-12-14-21(15-13-20)26(4,5)6/h12-17H,10-11,18H2,1-9H3/b24-22-,28-17-. The first-order chi connectivity index (χ1) is 15.4. The van der Waals surface area contributed by atoms with Gasteiger partial charge < -0.3 is 9.47 Å². The van der Waals surface area contributed by atoms with Gasteiger partial charge in [0.2, 0.25) is 6.79 Å². The van der Waals surface area contributed by atoms with Crippen LogP contribution >= 0.6 is 0 Å². The second-order valence-electron chi connectivity index (χ2n) is 9.88. The Morgan fingerprint density at radius 2 is 1.73 bits per heavy atom. The first-order valence-electron chi connectivity index (χ1n) is 11.6. The average molecular weight is 454 g/mol. The van der Waals surface area contributed by atoms with E-state index in [1.165, 1.54) is 5.56 Å². The summed E-state index contributed by atoms with van der Waals surface area (Å²) in [6.45, 7) is 16.7. The Balaban J connectivity index is 2.55. The van der Waals surface area contributed by atoms with Crippen molar-refractivity contribution in [2.45, 2.75) is 73.8 Å². The highest BCUT2D eigenvalue weighted by molar-refractivity contribution is 6.18. The van der Waals surface area contributed by atoms with Gasteiger partial charge in [0.15, 0.2) is 5.76 Å². The van der Waals surface area contributed by atoms with Gasteiger partial charge in [-0.1, -0.05) is 52.0 Å². The van der Waals surface area contributed by atoms with E-state index < -0.39 is 5.41 Å². The van der Waals surface area contributed by atoms with Gasteiger partial charge in [-0.2, -0.15) is 5.10 Å². The summed E-state index contributed by atoms with van der Waals surface area (Å²) in [6, 6.07) is 10.4. The molecule has 1 heterocycles. The molecule has 0 aliphatic carbocycles. The minimum Gasteiger partial charge on any atom is -0.454 e. The maximum absolute atomic E-state index is 12.5. The van der Waals surface area contributed by atoms with E-state index in [0.717, 1.165) is 22.5 Å². The number of allylic oxidation sites excluding steroid dienone is 1. The molecule has 6 heteroatoms. The van der Waals surface area contributed by atoms with Gasteiger partial charge in [0.1, 0.15) is 5.69 Å². The third-order valence-electron chi connectivity index (χ3n) is 5.83. The smallest absolute Gasteiger partial charge is 0.314 e. The van der Waals surface area contributed by atoms with Crippen molar-refractivity contribution in [3.8, 4) is 0 Å². The van der Waals surface area contributed by atoms with Crippen LogP contribution in [0.25, 0.3) is 11.3 Å². The summed E-state index contributed by atoms with van der Waals surface area (Å²) < 4.78 is 13.5. The van der Waals surface area contributed by atoms with Crippen LogP contribution in [-0.2, 0) is 26.2 Å². The van der Waals surface area contributed by atoms with Crippen molar-refractivity contribution < 1.29 is 14.3 Å². The molecule has 1 aromatic carbocycles. The first-order valence-corrected chi connectivity index (χ1v) is 11.6. The molecular formula is C27H39N3O3. The van der Waals surface area contributed by atoms with Crippen molar-refractivity contribution in [1.29, 1.82) is 0 Å². The predicted octanol–water partition coefficient (Wildman–Crippen LogP) is 6.03. The molecule has 2 aromatic rings. The van der Waals surface area contributed by atoms with E-state index in [0.29, 0.717) is 18.7 Å². The van der Waals surface area contributed by atoms with E-state index in [-0.39, 0.29) is 18.2 Å². The highest BCUT2D eigenvalue weighted by Crippen LogP contribution is 2.30. The number of carbonyl (C=O) groups is 1. The molecule has 0 unspecified atom stereocenters. The minimum atomic E-state index is -0.564. The number of hydrogen-bond donors (Lipinski definition) is 0. The summed E-state index contributed by atoms with van der Waals surface area (Å²) in [5.74, 6) is 0.290. The molecule has 0 saturated heterocycles. The molecule has 0 aliphatic rings. The molecule has 0 aliphatic heterocycles. The number of nitrogens with zero attached hydrogens (tertiary/aromatic N) is 3. The van der Waals surface area contributed by atoms with Crippen LogP contribution in [0.4, 0.5) is 0 Å². The Bertz CT molecular complexity index is 1010. The largest absolute Gasteiger partial charge is 0.454 e. The van der Waals surface area contributed by atoms with Crippen LogP contribution in [0.2, 0.25) is 0 Å². The maximum Gasteiger partial charge on any atom is 0.314 e. The molecule has 33 heavy (non-hydrogen) atoms. The highest BCUT2D eigenvalue weighted by Gasteiger charge is 2.27. The Morgan fingerprint density at radius 1 is 1.09 bits per heavy atom. The Morgan fingerprint density at radius 3 is 2.24 bits per heavy atom. The lowest BCUT2D eigenvalue weighted by atomic mass is 9.86. The van der Waals surface area contributed by atoms with Gasteiger partial charge in [-0.15, -0.1) is 0 Å². The molecule has 180 valence electrons. The summed E-state index contributed by atoms with van der Waals surface area (Å²) in [5.41, 5.74) is 4.20. The molecule has 2 rings (SSSR count). The highest BCUT2D eigenvalue weighted by atomic mass is 16.7. The zero-order valence-electron chi connectivity index (χ0n) is 21.7. The van der Waals surface area contributed by atoms with Crippen LogP contribution in [0.3, 0.4) is 0 Å². The van der Waals surface area contributed by atoms with Crippen LogP contribution < -0.4 is 0 Å². The number of aromatic nitrogens is 2. The fourth-order valence-corrected chi connectivity index (χ4v) is 3.28. The third-order valence-corrected chi connectivity index (χ3v) is 5.83. The van der Waals surface area contributed by atoms with Crippen molar-refractivity contribution >= 4 is 23.5 Å². The van der Waals surface area contributed by atoms with Crippen molar-refractivity contribution in [3.05, 3.63) is 52.8 Å². The monoisotopic (exact) mass is 453 g/mol. The van der Waals surface area contributed by atoms with E-state index in [9.17, 15) is 4.79 Å². The van der Waals surface area contributed by atoms with E-state index >= 15 is 0 Å². The Kier molecular flexibility index (Phi) is 8.64. The average Bonchev–Trinajstić information content (AvgIpc) is 3.15. The zero-order chi connectivity index (χ0) is 24.8. The first kappa shape index (κ1) is 26.4. The Hall–Kier alpha value is -2.89. The second kappa shape index (κ2) is 10.8. The van der Waals surface area contributed by atoms with E-state index in [1.54, 1.807) is 13.3 Å². The fraction of sp³-hybridized carbons (Fsp3) is 0.519. The van der Waals surface area contributed by atoms with Gasteiger partial charge >= 0.3 is 5.97 Å². The number of aryl methyl sites for hydroxylation is 2. The second-order valence-corrected chi connectivity index (χ2v) is 9.88. The molecule has 0 amide bonds. The number of ether oxygens (including phenoxy) is 2. The molecule has 0 spiro atoms. The molecule has 0 fully saturated rings. The molecule has 0 bridgehead atoms. The van der Waals surface area contributed by atoms with E-state index in [1.807, 2.05) is 45.4 Å². The summed E-state index contributed by atoms with van der Waals surface area (Å²) >= 11 is 0. The molecule has 1 aromatic heterocycles. The number of benzene rings is 1. The van der Waals surface area contributed by atoms with E-state index in [4.69, 9.17) is 9.47 Å². The van der Waals surface area contributed by atoms with E-state index in [2.05, 4.69) is 55.1 Å². The quantitative estimate of drug-likeness (QED) is 0.201. The summed E-state index contributed by atoms with van der Waals surface area (Å²) in [6.07, 6.45) is 2.46. The van der Waals surface area contributed by atoms with Crippen molar-refractivity contribution in [3.63, 3.8) is 0 Å². The van der Waals surface area contributed by atoms with Crippen LogP contribution in [0.1, 0.15) is 77.4 Å². The van der Waals surface area contributed by atoms with Gasteiger partial charge in [-0.05, 0) is 56.7 Å². The van der Waals surface area contributed by atoms with Crippen LogP contribution in [-0.4, -0.2) is 35.8 Å². The van der Waals surface area contributed by atoms with Gasteiger partial charge in [-0.25, -0.2) is 0 Å². The number of rotatable bonds is 9. The number of aliphatic imine (C=N–C) groups is 1. The van der Waals surface area contributed by atoms with Crippen LogP contribution in [0, 0.1) is 12.3 Å². The normalized spacial score (nSPS) is 13.2. The van der Waals surface area contributed by atoms with Crippen LogP contribution in [0.15, 0.2) is 35.3 Å². The lowest BCUT2D eigenvalue weighted by Gasteiger charge is -2.22. The molecule has 0 N–H and O–H groups in total. The lowest BCUT2D eigenvalue weighted by molar-refractivity contribution is -0.162. The molecule has 0 atom stereocenters. The predicted molar refractivity (Wildman–Crippen MR) is 135 cm³/mol. The molecule has 6 nitrogen and oxygen atoms in total. The SMILES string of the molecule is CCn1nc(C)cc1/C(OCOC(=O)C(C)(C)CC)=C(\C=N/C)c1ccc(C(C)(C)C)cc1. The molecule has 0 saturated carbocycles. The van der Waals surface area contributed by atoms with Crippen LogP contribution in [0.5, 0.6) is 0 Å². The minimum absolute atomic E-state index is 0.0544. The Labute approximate surface area is 198 Å². The topological polar surface area (TPSA) is 65.7 Å². The van der Waals surface area contributed by atoms with Crippen molar-refractivity contribution in [2.75, 3.05) is 13.8 Å². The zero-order valence-corrected chi connectivity index (χ0v) is 21.7. The van der Waals surface area contributed by atoms with Crippen molar-refractivity contribution in [1.82, 2.24) is 9.78 Å². The summed E-state index contributed by atoms with van der Waals surface area (Å²) in [5, 5.41) is 4.58. The van der Waals surface area contributed by atoms with Gasteiger partial charge in [-0.3, -0.25) is 14.5 Å². The maximum atomic E-state index is 12.5. The fourth-order valence-electron chi connectivity index (χ4n) is 3.28. The summed E-state index contributed by atoms with van der Waals surface area (Å²) in [4.78, 5) is 16.8.